The molecule has 0 aromatic heterocycles. The molecule has 3 aliphatic rings. The third-order valence-electron chi connectivity index (χ3n) is 11.2. The number of phenolic OH excluding ortho intramolecular Hbond substituents is 1. The van der Waals surface area contributed by atoms with E-state index in [2.05, 4.69) is 25.1 Å². The lowest BCUT2D eigenvalue weighted by Crippen LogP contribution is -2.57. The van der Waals surface area contributed by atoms with Gasteiger partial charge in [0.25, 0.3) is 0 Å². The zero-order chi connectivity index (χ0) is 35.8. The minimum Gasteiger partial charge on any atom is -0.508 e. The number of unbranched alkanes of at least 4 members (excludes halogenated alkanes) is 4. The predicted molar refractivity (Wildman–Crippen MR) is 169 cm³/mol. The Morgan fingerprint density at radius 3 is 2.31 bits per heavy atom. The van der Waals surface area contributed by atoms with Crippen LogP contribution in [-0.4, -0.2) is 59.9 Å². The van der Waals surface area contributed by atoms with Gasteiger partial charge in [-0.15, -0.1) is 0 Å². The van der Waals surface area contributed by atoms with Gasteiger partial charge in [-0.3, -0.25) is 9.59 Å². The van der Waals surface area contributed by atoms with Crippen LogP contribution < -0.4 is 4.74 Å². The summed E-state index contributed by atoms with van der Waals surface area (Å²) in [5, 5.41) is 10.1. The van der Waals surface area contributed by atoms with Gasteiger partial charge >= 0.3 is 18.0 Å². The molecule has 12 heteroatoms. The molecule has 5 rings (SSSR count). The summed E-state index contributed by atoms with van der Waals surface area (Å²) < 4.78 is 96.4. The van der Waals surface area contributed by atoms with E-state index in [0.29, 0.717) is 55.7 Å². The molecule has 2 aromatic carbocycles. The average Bonchev–Trinajstić information content (AvgIpc) is 3.34. The Labute approximate surface area is 282 Å². The number of benzene rings is 2. The van der Waals surface area contributed by atoms with Crippen molar-refractivity contribution in [3.05, 3.63) is 59.2 Å². The molecule has 5 nitrogen and oxygen atoms in total. The van der Waals surface area contributed by atoms with Crippen molar-refractivity contribution in [2.24, 2.45) is 17.3 Å². The van der Waals surface area contributed by atoms with Crippen molar-refractivity contribution < 1.29 is 50.2 Å². The summed E-state index contributed by atoms with van der Waals surface area (Å²) in [4.78, 5) is 25.4. The number of hydrogen-bond acceptors (Lipinski definition) is 4. The standard InChI is InChI=1S/C37H44F7NO4/c1-34-21-29(33-27-16-12-25(46)20-24(27)11-15-28(33)30(34)17-18-31(34)47)23-9-13-26(14-10-23)49-19-7-5-3-4-6-8-32(48)45(2)22-35(38,39)36(40,41)37(42,43)44/h9-10,12-14,16,20,28-30,33,46H,3-8,11,15,17-19,21-22H2,1-2H3/t28-,29+,30-,33+,34-/m0/s1. The summed E-state index contributed by atoms with van der Waals surface area (Å²) in [6, 6.07) is 13.8. The lowest BCUT2D eigenvalue weighted by Gasteiger charge is -2.52. The molecule has 0 radical (unpaired) electrons. The minimum absolute atomic E-state index is 0.162. The normalized spacial score (nSPS) is 25.4. The summed E-state index contributed by atoms with van der Waals surface area (Å²) in [5.41, 5.74) is 3.31. The second-order valence-electron chi connectivity index (χ2n) is 14.4. The number of fused-ring (bicyclic) bond motifs is 5. The fraction of sp³-hybridized carbons (Fsp3) is 0.622. The number of alkyl halides is 7. The lowest BCUT2D eigenvalue weighted by atomic mass is 9.51. The highest BCUT2D eigenvalue weighted by Gasteiger charge is 2.73. The van der Waals surface area contributed by atoms with E-state index in [1.54, 1.807) is 6.07 Å². The fourth-order valence-electron chi connectivity index (χ4n) is 8.58. The van der Waals surface area contributed by atoms with Crippen molar-refractivity contribution in [1.82, 2.24) is 4.90 Å². The topological polar surface area (TPSA) is 66.8 Å². The number of aromatic hydroxyl groups is 1. The second kappa shape index (κ2) is 14.1. The number of ketones is 1. The zero-order valence-corrected chi connectivity index (χ0v) is 27.8. The van der Waals surface area contributed by atoms with Crippen LogP contribution in [0.2, 0.25) is 0 Å². The molecule has 0 bridgehead atoms. The maximum atomic E-state index is 13.6. The Morgan fingerprint density at radius 2 is 1.61 bits per heavy atom. The van der Waals surface area contributed by atoms with Gasteiger partial charge in [0.2, 0.25) is 5.91 Å². The Bertz CT molecular complexity index is 1490. The van der Waals surface area contributed by atoms with E-state index in [0.717, 1.165) is 39.2 Å². The Kier molecular flexibility index (Phi) is 10.7. The van der Waals surface area contributed by atoms with Gasteiger partial charge in [0.05, 0.1) is 13.2 Å². The van der Waals surface area contributed by atoms with Crippen LogP contribution in [0.15, 0.2) is 42.5 Å². The van der Waals surface area contributed by atoms with E-state index in [-0.39, 0.29) is 40.7 Å². The Hall–Kier alpha value is -3.31. The van der Waals surface area contributed by atoms with Crippen LogP contribution >= 0.6 is 0 Å². The minimum atomic E-state index is -6.43. The van der Waals surface area contributed by atoms with Crippen LogP contribution in [0.3, 0.4) is 0 Å². The van der Waals surface area contributed by atoms with Crippen molar-refractivity contribution in [2.45, 2.75) is 107 Å². The highest BCUT2D eigenvalue weighted by Crippen LogP contribution is 2.64. The first-order chi connectivity index (χ1) is 23.0. The quantitative estimate of drug-likeness (QED) is 0.167. The summed E-state index contributed by atoms with van der Waals surface area (Å²) in [7, 11) is 0.784. The molecule has 0 saturated heterocycles. The smallest absolute Gasteiger partial charge is 0.459 e. The van der Waals surface area contributed by atoms with Crippen LogP contribution in [0, 0.1) is 17.3 Å². The summed E-state index contributed by atoms with van der Waals surface area (Å²) in [5.74, 6) is -10.0. The molecule has 1 amide bonds. The molecule has 0 aliphatic heterocycles. The van der Waals surface area contributed by atoms with Crippen molar-refractivity contribution in [3.63, 3.8) is 0 Å². The molecule has 2 aromatic rings. The fourth-order valence-corrected chi connectivity index (χ4v) is 8.58. The second-order valence-corrected chi connectivity index (χ2v) is 14.4. The summed E-state index contributed by atoms with van der Waals surface area (Å²) in [6.07, 6.45) is 0.623. The number of amides is 1. The van der Waals surface area contributed by atoms with E-state index in [4.69, 9.17) is 4.74 Å². The molecule has 3 aliphatic carbocycles. The van der Waals surface area contributed by atoms with E-state index in [1.807, 2.05) is 18.2 Å². The van der Waals surface area contributed by atoms with E-state index in [1.165, 1.54) is 16.7 Å². The number of Topliss-reactive ketones (excluding diaryl/α,β-unsaturated/α-hetero) is 1. The van der Waals surface area contributed by atoms with Crippen LogP contribution in [0.25, 0.3) is 0 Å². The van der Waals surface area contributed by atoms with Crippen molar-refractivity contribution in [3.8, 4) is 11.5 Å². The number of carbonyl (C=O) groups is 2. The maximum absolute atomic E-state index is 13.6. The number of phenols is 1. The lowest BCUT2D eigenvalue weighted by molar-refractivity contribution is -0.355. The first-order valence-corrected chi connectivity index (χ1v) is 17.1. The third-order valence-corrected chi connectivity index (χ3v) is 11.2. The molecular formula is C37H44F7NO4. The van der Waals surface area contributed by atoms with Gasteiger partial charge in [-0.1, -0.05) is 44.4 Å². The SMILES string of the molecule is CN(CC(F)(F)C(F)(F)C(F)(F)F)C(=O)CCCCCCCOc1ccc([C@H]2C[C@]3(C)C(=O)CC[C@H]3[C@@H]3CCc4cc(O)ccc4[C@H]32)cc1. The molecule has 5 atom stereocenters. The first-order valence-electron chi connectivity index (χ1n) is 17.1. The van der Waals surface area contributed by atoms with Gasteiger partial charge in [-0.25, -0.2) is 0 Å². The molecule has 49 heavy (non-hydrogen) atoms. The van der Waals surface area contributed by atoms with E-state index >= 15 is 0 Å². The molecule has 270 valence electrons. The highest BCUT2D eigenvalue weighted by atomic mass is 19.4. The molecule has 2 fully saturated rings. The molecular weight excluding hydrogens is 655 g/mol. The zero-order valence-electron chi connectivity index (χ0n) is 27.8. The van der Waals surface area contributed by atoms with Crippen molar-refractivity contribution in [2.75, 3.05) is 20.2 Å². The first kappa shape index (κ1) is 37.0. The molecule has 0 heterocycles. The molecule has 0 unspecified atom stereocenters. The van der Waals surface area contributed by atoms with Crippen molar-refractivity contribution in [1.29, 1.82) is 0 Å². The monoisotopic (exact) mass is 699 g/mol. The maximum Gasteiger partial charge on any atom is 0.459 e. The van der Waals surface area contributed by atoms with Crippen molar-refractivity contribution >= 4 is 11.7 Å². The average molecular weight is 700 g/mol. The third kappa shape index (κ3) is 7.43. The molecule has 2 saturated carbocycles. The predicted octanol–water partition coefficient (Wildman–Crippen LogP) is 9.22. The van der Waals surface area contributed by atoms with Gasteiger partial charge in [0, 0.05) is 25.3 Å². The number of aryl methyl sites for hydroxylation is 1. The Balaban J connectivity index is 1.07. The molecule has 1 N–H and O–H groups in total. The van der Waals surface area contributed by atoms with Crippen LogP contribution in [0.5, 0.6) is 11.5 Å². The largest absolute Gasteiger partial charge is 0.508 e. The number of ether oxygens (including phenoxy) is 1. The number of carbonyl (C=O) groups excluding carboxylic acids is 2. The Morgan fingerprint density at radius 1 is 0.939 bits per heavy atom. The summed E-state index contributed by atoms with van der Waals surface area (Å²) >= 11 is 0. The number of nitrogens with zero attached hydrogens (tertiary/aromatic N) is 1. The number of halogens is 7. The number of hydrogen-bond donors (Lipinski definition) is 1. The van der Waals surface area contributed by atoms with Gasteiger partial charge in [-0.05, 0) is 103 Å². The van der Waals surface area contributed by atoms with Gasteiger partial charge in [0.15, 0.2) is 0 Å². The van der Waals surface area contributed by atoms with E-state index < -0.39 is 30.5 Å². The summed E-state index contributed by atoms with van der Waals surface area (Å²) in [6.45, 7) is 0.573. The van der Waals surface area contributed by atoms with Gasteiger partial charge in [-0.2, -0.15) is 30.7 Å². The number of rotatable bonds is 13. The van der Waals surface area contributed by atoms with E-state index in [9.17, 15) is 45.4 Å². The van der Waals surface area contributed by atoms with Crippen LogP contribution in [-0.2, 0) is 16.0 Å². The molecule has 0 spiro atoms. The van der Waals surface area contributed by atoms with Crippen LogP contribution in [0.1, 0.15) is 99.7 Å². The van der Waals surface area contributed by atoms with Gasteiger partial charge < -0.3 is 14.7 Å². The van der Waals surface area contributed by atoms with Gasteiger partial charge in [0.1, 0.15) is 17.3 Å². The highest BCUT2D eigenvalue weighted by molar-refractivity contribution is 5.87. The van der Waals surface area contributed by atoms with Crippen LogP contribution in [0.4, 0.5) is 30.7 Å².